The van der Waals surface area contributed by atoms with Crippen LogP contribution in [0.4, 0.5) is 0 Å². The molecule has 0 aliphatic carbocycles. The first-order chi connectivity index (χ1) is 15.9. The highest BCUT2D eigenvalue weighted by molar-refractivity contribution is 5.89. The first kappa shape index (κ1) is 24.3. The van der Waals surface area contributed by atoms with Gasteiger partial charge >= 0.3 is 0 Å². The van der Waals surface area contributed by atoms with E-state index in [-0.39, 0.29) is 17.9 Å². The molecule has 3 aromatic rings. The summed E-state index contributed by atoms with van der Waals surface area (Å²) in [7, 11) is 1.62. The molecule has 0 radical (unpaired) electrons. The molecule has 0 heterocycles. The molecule has 2 atom stereocenters. The van der Waals surface area contributed by atoms with E-state index >= 15 is 0 Å². The standard InChI is InChI=1S/C28H34N2O3/c1-5-20(2)29-28(32)21(3)30(19-22-10-8-14-25(18-22)33-4)27(31)17-16-24-13-9-12-23-11-6-7-15-26(23)24/h6-15,18,20-21H,5,16-17,19H2,1-4H3,(H,29,32)/t20-,21+/m1/s1. The SMILES string of the molecule is CC[C@@H](C)NC(=O)[C@H](C)N(Cc1cccc(OC)c1)C(=O)CCc1cccc2ccccc12. The Morgan fingerprint density at radius 3 is 2.48 bits per heavy atom. The lowest BCUT2D eigenvalue weighted by Gasteiger charge is -2.30. The predicted octanol–water partition coefficient (Wildman–Crippen LogP) is 5.11. The van der Waals surface area contributed by atoms with E-state index in [4.69, 9.17) is 4.74 Å². The number of hydrogen-bond donors (Lipinski definition) is 1. The van der Waals surface area contributed by atoms with Crippen LogP contribution in [0.2, 0.25) is 0 Å². The van der Waals surface area contributed by atoms with E-state index in [1.165, 1.54) is 0 Å². The second-order valence-corrected chi connectivity index (χ2v) is 8.51. The van der Waals surface area contributed by atoms with Gasteiger partial charge in [0.05, 0.1) is 7.11 Å². The number of hydrogen-bond acceptors (Lipinski definition) is 3. The van der Waals surface area contributed by atoms with Crippen molar-refractivity contribution in [1.82, 2.24) is 10.2 Å². The normalized spacial score (nSPS) is 12.7. The maximum atomic E-state index is 13.4. The highest BCUT2D eigenvalue weighted by Gasteiger charge is 2.26. The van der Waals surface area contributed by atoms with Gasteiger partial charge in [-0.25, -0.2) is 0 Å². The summed E-state index contributed by atoms with van der Waals surface area (Å²) in [5.41, 5.74) is 2.07. The zero-order valence-electron chi connectivity index (χ0n) is 20.0. The third-order valence-electron chi connectivity index (χ3n) is 6.14. The maximum absolute atomic E-state index is 13.4. The van der Waals surface area contributed by atoms with E-state index in [9.17, 15) is 9.59 Å². The van der Waals surface area contributed by atoms with Gasteiger partial charge in [0.25, 0.3) is 0 Å². The Labute approximate surface area is 196 Å². The Balaban J connectivity index is 1.80. The largest absolute Gasteiger partial charge is 0.497 e. The predicted molar refractivity (Wildman–Crippen MR) is 133 cm³/mol. The summed E-state index contributed by atoms with van der Waals surface area (Å²) in [6, 6.07) is 21.5. The molecule has 0 spiro atoms. The molecule has 33 heavy (non-hydrogen) atoms. The van der Waals surface area contributed by atoms with Crippen molar-refractivity contribution < 1.29 is 14.3 Å². The first-order valence-corrected chi connectivity index (χ1v) is 11.6. The number of amides is 2. The average molecular weight is 447 g/mol. The van der Waals surface area contributed by atoms with Crippen LogP contribution in [0.1, 0.15) is 44.7 Å². The highest BCUT2D eigenvalue weighted by Crippen LogP contribution is 2.21. The molecular weight excluding hydrogens is 412 g/mol. The summed E-state index contributed by atoms with van der Waals surface area (Å²) in [5.74, 6) is 0.552. The number of nitrogens with one attached hydrogen (secondary N) is 1. The lowest BCUT2D eigenvalue weighted by Crippen LogP contribution is -2.49. The summed E-state index contributed by atoms with van der Waals surface area (Å²) in [4.78, 5) is 28.0. The number of fused-ring (bicyclic) bond motifs is 1. The molecule has 0 fully saturated rings. The van der Waals surface area contributed by atoms with Gasteiger partial charge in [0.1, 0.15) is 11.8 Å². The van der Waals surface area contributed by atoms with Crippen molar-refractivity contribution in [2.75, 3.05) is 7.11 Å². The molecule has 0 bridgehead atoms. The molecule has 0 saturated heterocycles. The smallest absolute Gasteiger partial charge is 0.242 e. The fourth-order valence-corrected chi connectivity index (χ4v) is 3.91. The molecule has 0 aliphatic heterocycles. The van der Waals surface area contributed by atoms with Crippen molar-refractivity contribution in [3.63, 3.8) is 0 Å². The summed E-state index contributed by atoms with van der Waals surface area (Å²) in [5, 5.41) is 5.34. The van der Waals surface area contributed by atoms with Gasteiger partial charge in [-0.2, -0.15) is 0 Å². The van der Waals surface area contributed by atoms with Crippen LogP contribution in [-0.4, -0.2) is 35.9 Å². The minimum Gasteiger partial charge on any atom is -0.497 e. The Kier molecular flexibility index (Phi) is 8.47. The van der Waals surface area contributed by atoms with Gasteiger partial charge < -0.3 is 15.0 Å². The van der Waals surface area contributed by atoms with E-state index in [0.717, 1.165) is 34.1 Å². The van der Waals surface area contributed by atoms with Gasteiger partial charge in [0, 0.05) is 19.0 Å². The third kappa shape index (κ3) is 6.35. The maximum Gasteiger partial charge on any atom is 0.242 e. The zero-order chi connectivity index (χ0) is 23.8. The molecule has 174 valence electrons. The zero-order valence-corrected chi connectivity index (χ0v) is 20.0. The lowest BCUT2D eigenvalue weighted by atomic mass is 10.0. The van der Waals surface area contributed by atoms with Crippen LogP contribution in [0.25, 0.3) is 10.8 Å². The topological polar surface area (TPSA) is 58.6 Å². The van der Waals surface area contributed by atoms with Gasteiger partial charge in [0.15, 0.2) is 0 Å². The van der Waals surface area contributed by atoms with Crippen molar-refractivity contribution in [3.8, 4) is 5.75 Å². The van der Waals surface area contributed by atoms with Crippen LogP contribution in [0.5, 0.6) is 5.75 Å². The number of carbonyl (C=O) groups excluding carboxylic acids is 2. The molecule has 1 N–H and O–H groups in total. The Morgan fingerprint density at radius 2 is 1.73 bits per heavy atom. The summed E-state index contributed by atoms with van der Waals surface area (Å²) in [6.45, 7) is 6.15. The van der Waals surface area contributed by atoms with Crippen LogP contribution in [0.3, 0.4) is 0 Å². The number of benzene rings is 3. The van der Waals surface area contributed by atoms with Crippen LogP contribution >= 0.6 is 0 Å². The lowest BCUT2D eigenvalue weighted by molar-refractivity contribution is -0.140. The quantitative estimate of drug-likeness (QED) is 0.471. The van der Waals surface area contributed by atoms with Crippen molar-refractivity contribution in [2.45, 2.75) is 58.7 Å². The second kappa shape index (κ2) is 11.5. The molecular formula is C28H34N2O3. The van der Waals surface area contributed by atoms with Gasteiger partial charge in [-0.15, -0.1) is 0 Å². The molecule has 2 amide bonds. The Morgan fingerprint density at radius 1 is 1.00 bits per heavy atom. The van der Waals surface area contributed by atoms with E-state index in [0.29, 0.717) is 19.4 Å². The van der Waals surface area contributed by atoms with Gasteiger partial charge in [-0.1, -0.05) is 61.5 Å². The minimum absolute atomic E-state index is 0.0439. The van der Waals surface area contributed by atoms with Crippen LogP contribution in [0.15, 0.2) is 66.7 Å². The molecule has 0 unspecified atom stereocenters. The fourth-order valence-electron chi connectivity index (χ4n) is 3.91. The number of nitrogens with zero attached hydrogens (tertiary/aromatic N) is 1. The summed E-state index contributed by atoms with van der Waals surface area (Å²) >= 11 is 0. The number of ether oxygens (including phenoxy) is 1. The van der Waals surface area contributed by atoms with E-state index < -0.39 is 6.04 Å². The van der Waals surface area contributed by atoms with E-state index in [1.807, 2.05) is 56.3 Å². The molecule has 0 aromatic heterocycles. The van der Waals surface area contributed by atoms with Crippen molar-refractivity contribution in [1.29, 1.82) is 0 Å². The van der Waals surface area contributed by atoms with Gasteiger partial charge in [-0.05, 0) is 60.7 Å². The molecule has 3 aromatic carbocycles. The summed E-state index contributed by atoms with van der Waals surface area (Å²) < 4.78 is 5.34. The van der Waals surface area contributed by atoms with Crippen LogP contribution in [0, 0.1) is 0 Å². The van der Waals surface area contributed by atoms with Crippen molar-refractivity contribution in [2.24, 2.45) is 0 Å². The van der Waals surface area contributed by atoms with Crippen molar-refractivity contribution >= 4 is 22.6 Å². The van der Waals surface area contributed by atoms with Crippen LogP contribution < -0.4 is 10.1 Å². The molecule has 5 heteroatoms. The Hall–Kier alpha value is -3.34. The van der Waals surface area contributed by atoms with Crippen LogP contribution in [-0.2, 0) is 22.6 Å². The number of aryl methyl sites for hydroxylation is 1. The molecule has 3 rings (SSSR count). The second-order valence-electron chi connectivity index (χ2n) is 8.51. The average Bonchev–Trinajstić information content (AvgIpc) is 2.85. The van der Waals surface area contributed by atoms with Crippen molar-refractivity contribution in [3.05, 3.63) is 77.9 Å². The molecule has 0 saturated carbocycles. The first-order valence-electron chi connectivity index (χ1n) is 11.6. The number of rotatable bonds is 10. The van der Waals surface area contributed by atoms with Gasteiger partial charge in [-0.3, -0.25) is 9.59 Å². The minimum atomic E-state index is -0.579. The fraction of sp³-hybridized carbons (Fsp3) is 0.357. The monoisotopic (exact) mass is 446 g/mol. The number of methoxy groups -OCH3 is 1. The molecule has 0 aliphatic rings. The molecule has 5 nitrogen and oxygen atoms in total. The third-order valence-corrected chi connectivity index (χ3v) is 6.14. The van der Waals surface area contributed by atoms with E-state index in [2.05, 4.69) is 29.6 Å². The van der Waals surface area contributed by atoms with E-state index in [1.54, 1.807) is 18.9 Å². The number of carbonyl (C=O) groups is 2. The van der Waals surface area contributed by atoms with Gasteiger partial charge in [0.2, 0.25) is 11.8 Å². The Bertz CT molecular complexity index is 1090. The highest BCUT2D eigenvalue weighted by atomic mass is 16.5. The summed E-state index contributed by atoms with van der Waals surface area (Å²) in [6.07, 6.45) is 1.79.